The van der Waals surface area contributed by atoms with Crippen LogP contribution in [0.5, 0.6) is 0 Å². The number of aliphatic hydroxyl groups excluding tert-OH is 1. The smallest absolute Gasteiger partial charge is 0.146 e. The number of pyridine rings is 1. The van der Waals surface area contributed by atoms with Crippen LogP contribution in [0.2, 0.25) is 0 Å². The summed E-state index contributed by atoms with van der Waals surface area (Å²) in [5, 5.41) is 9.48. The topological polar surface area (TPSA) is 36.4 Å². The van der Waals surface area contributed by atoms with Crippen molar-refractivity contribution < 1.29 is 9.50 Å². The number of hydrogen-bond acceptors (Lipinski definition) is 3. The van der Waals surface area contributed by atoms with Gasteiger partial charge < -0.3 is 10.0 Å². The molecule has 3 nitrogen and oxygen atoms in total. The number of anilines is 1. The highest BCUT2D eigenvalue weighted by atomic mass is 19.1. The zero-order chi connectivity index (χ0) is 14.5. The van der Waals surface area contributed by atoms with Crippen molar-refractivity contribution in [3.8, 4) is 0 Å². The number of hydrogen-bond donors (Lipinski definition) is 1. The molecule has 1 N–H and O–H groups in total. The molecule has 1 atom stereocenters. The third-order valence-electron chi connectivity index (χ3n) is 3.26. The number of halogens is 1. The molecule has 0 fully saturated rings. The highest BCUT2D eigenvalue weighted by Crippen LogP contribution is 2.24. The first-order chi connectivity index (χ1) is 9.61. The Morgan fingerprint density at radius 1 is 1.30 bits per heavy atom. The lowest BCUT2D eigenvalue weighted by atomic mass is 10.1. The minimum absolute atomic E-state index is 0.318. The molecule has 0 saturated carbocycles. The Morgan fingerprint density at radius 3 is 2.65 bits per heavy atom. The summed E-state index contributed by atoms with van der Waals surface area (Å²) in [6.07, 6.45) is 1.07. The van der Waals surface area contributed by atoms with Gasteiger partial charge in [0.1, 0.15) is 5.82 Å². The van der Waals surface area contributed by atoms with Crippen LogP contribution in [0.3, 0.4) is 0 Å². The maximum atomic E-state index is 14.2. The van der Waals surface area contributed by atoms with Gasteiger partial charge in [0.05, 0.1) is 24.0 Å². The lowest BCUT2D eigenvalue weighted by molar-refractivity contribution is 0.199. The lowest BCUT2D eigenvalue weighted by Gasteiger charge is -2.23. The third-order valence-corrected chi connectivity index (χ3v) is 3.26. The van der Waals surface area contributed by atoms with Gasteiger partial charge in [-0.2, -0.15) is 0 Å². The molecule has 0 spiro atoms. The summed E-state index contributed by atoms with van der Waals surface area (Å²) in [6, 6.07) is 10.6. The van der Waals surface area contributed by atoms with E-state index in [0.717, 1.165) is 5.69 Å². The SMILES string of the molecule is CCN(Cc1ccccn1)c1ccc(C(C)O)cc1F. The third kappa shape index (κ3) is 3.33. The Balaban J connectivity index is 2.23. The predicted octanol–water partition coefficient (Wildman–Crippen LogP) is 3.30. The molecule has 0 bridgehead atoms. The minimum Gasteiger partial charge on any atom is -0.389 e. The Bertz CT molecular complexity index is 558. The fourth-order valence-electron chi connectivity index (χ4n) is 2.09. The molecule has 1 aromatic carbocycles. The van der Waals surface area contributed by atoms with Crippen LogP contribution >= 0.6 is 0 Å². The molecule has 2 rings (SSSR count). The molecular formula is C16H19FN2O. The normalized spacial score (nSPS) is 12.2. The van der Waals surface area contributed by atoms with Crippen LogP contribution in [0.1, 0.15) is 31.2 Å². The Hall–Kier alpha value is -1.94. The molecule has 4 heteroatoms. The van der Waals surface area contributed by atoms with E-state index >= 15 is 0 Å². The summed E-state index contributed by atoms with van der Waals surface area (Å²) < 4.78 is 14.2. The second kappa shape index (κ2) is 6.48. The Labute approximate surface area is 118 Å². The summed E-state index contributed by atoms with van der Waals surface area (Å²) in [7, 11) is 0. The molecule has 1 heterocycles. The predicted molar refractivity (Wildman–Crippen MR) is 78.0 cm³/mol. The van der Waals surface area contributed by atoms with Gasteiger partial charge in [0.25, 0.3) is 0 Å². The van der Waals surface area contributed by atoms with Crippen LogP contribution in [0, 0.1) is 5.82 Å². The fourth-order valence-corrected chi connectivity index (χ4v) is 2.09. The van der Waals surface area contributed by atoms with Crippen molar-refractivity contribution >= 4 is 5.69 Å². The van der Waals surface area contributed by atoms with Gasteiger partial charge in [-0.3, -0.25) is 4.98 Å². The highest BCUT2D eigenvalue weighted by Gasteiger charge is 2.13. The standard InChI is InChI=1S/C16H19FN2O/c1-3-19(11-14-6-4-5-9-18-14)16-8-7-13(12(2)20)10-15(16)17/h4-10,12,20H,3,11H2,1-2H3. The number of rotatable bonds is 5. The average Bonchev–Trinajstić information content (AvgIpc) is 2.46. The van der Waals surface area contributed by atoms with Crippen LogP contribution < -0.4 is 4.90 Å². The summed E-state index contributed by atoms with van der Waals surface area (Å²) in [6.45, 7) is 4.84. The second-order valence-electron chi connectivity index (χ2n) is 4.72. The molecule has 0 aliphatic rings. The van der Waals surface area contributed by atoms with Crippen LogP contribution in [-0.2, 0) is 6.54 Å². The van der Waals surface area contributed by atoms with Crippen LogP contribution in [0.4, 0.5) is 10.1 Å². The molecule has 1 unspecified atom stereocenters. The van der Waals surface area contributed by atoms with Crippen molar-refractivity contribution in [1.29, 1.82) is 0 Å². The zero-order valence-corrected chi connectivity index (χ0v) is 11.8. The first kappa shape index (κ1) is 14.5. The molecule has 0 amide bonds. The van der Waals surface area contributed by atoms with Crippen molar-refractivity contribution in [2.45, 2.75) is 26.5 Å². The molecule has 0 aliphatic carbocycles. The number of aromatic nitrogens is 1. The van der Waals surface area contributed by atoms with E-state index in [-0.39, 0.29) is 5.82 Å². The molecule has 2 aromatic rings. The fraction of sp³-hybridized carbons (Fsp3) is 0.312. The van der Waals surface area contributed by atoms with Gasteiger partial charge in [0, 0.05) is 12.7 Å². The molecule has 1 aromatic heterocycles. The van der Waals surface area contributed by atoms with E-state index in [0.29, 0.717) is 24.3 Å². The largest absolute Gasteiger partial charge is 0.389 e. The molecule has 0 radical (unpaired) electrons. The average molecular weight is 274 g/mol. The summed E-state index contributed by atoms with van der Waals surface area (Å²) in [5.41, 5.74) is 2.01. The zero-order valence-electron chi connectivity index (χ0n) is 11.8. The van der Waals surface area contributed by atoms with Crippen molar-refractivity contribution in [2.75, 3.05) is 11.4 Å². The monoisotopic (exact) mass is 274 g/mol. The lowest BCUT2D eigenvalue weighted by Crippen LogP contribution is -2.23. The van der Waals surface area contributed by atoms with E-state index in [2.05, 4.69) is 4.98 Å². The highest BCUT2D eigenvalue weighted by molar-refractivity contribution is 5.49. The maximum absolute atomic E-state index is 14.2. The van der Waals surface area contributed by atoms with E-state index in [1.54, 1.807) is 25.3 Å². The van der Waals surface area contributed by atoms with Crippen LogP contribution in [0.15, 0.2) is 42.6 Å². The number of benzene rings is 1. The van der Waals surface area contributed by atoms with Crippen LogP contribution in [0.25, 0.3) is 0 Å². The van der Waals surface area contributed by atoms with Gasteiger partial charge >= 0.3 is 0 Å². The Morgan fingerprint density at radius 2 is 2.10 bits per heavy atom. The molecule has 0 aliphatic heterocycles. The number of aliphatic hydroxyl groups is 1. The van der Waals surface area contributed by atoms with Crippen molar-refractivity contribution in [3.63, 3.8) is 0 Å². The van der Waals surface area contributed by atoms with Gasteiger partial charge in [-0.15, -0.1) is 0 Å². The van der Waals surface area contributed by atoms with Crippen molar-refractivity contribution in [3.05, 3.63) is 59.7 Å². The summed E-state index contributed by atoms with van der Waals surface area (Å²) >= 11 is 0. The summed E-state index contributed by atoms with van der Waals surface area (Å²) in [4.78, 5) is 6.18. The van der Waals surface area contributed by atoms with Gasteiger partial charge in [-0.05, 0) is 43.7 Å². The maximum Gasteiger partial charge on any atom is 0.146 e. The van der Waals surface area contributed by atoms with E-state index in [1.807, 2.05) is 30.0 Å². The van der Waals surface area contributed by atoms with E-state index in [9.17, 15) is 9.50 Å². The van der Waals surface area contributed by atoms with E-state index in [4.69, 9.17) is 0 Å². The van der Waals surface area contributed by atoms with E-state index < -0.39 is 6.10 Å². The first-order valence-corrected chi connectivity index (χ1v) is 6.74. The molecule has 0 saturated heterocycles. The molecule has 106 valence electrons. The first-order valence-electron chi connectivity index (χ1n) is 6.74. The van der Waals surface area contributed by atoms with E-state index in [1.165, 1.54) is 6.07 Å². The minimum atomic E-state index is -0.663. The number of nitrogens with zero attached hydrogens (tertiary/aromatic N) is 2. The van der Waals surface area contributed by atoms with Crippen molar-refractivity contribution in [1.82, 2.24) is 4.98 Å². The molecule has 20 heavy (non-hydrogen) atoms. The van der Waals surface area contributed by atoms with Gasteiger partial charge in [0.15, 0.2) is 0 Å². The Kier molecular flexibility index (Phi) is 4.69. The van der Waals surface area contributed by atoms with Crippen molar-refractivity contribution in [2.24, 2.45) is 0 Å². The summed E-state index contributed by atoms with van der Waals surface area (Å²) in [5.74, 6) is -0.318. The second-order valence-corrected chi connectivity index (χ2v) is 4.72. The van der Waals surface area contributed by atoms with Crippen LogP contribution in [-0.4, -0.2) is 16.6 Å². The van der Waals surface area contributed by atoms with Gasteiger partial charge in [-0.1, -0.05) is 12.1 Å². The van der Waals surface area contributed by atoms with Gasteiger partial charge in [-0.25, -0.2) is 4.39 Å². The van der Waals surface area contributed by atoms with Gasteiger partial charge in [0.2, 0.25) is 0 Å². The quantitative estimate of drug-likeness (QED) is 0.908. The molecular weight excluding hydrogens is 255 g/mol.